The van der Waals surface area contributed by atoms with Gasteiger partial charge in [-0.25, -0.2) is 4.98 Å². The summed E-state index contributed by atoms with van der Waals surface area (Å²) < 4.78 is 1.58. The van der Waals surface area contributed by atoms with Crippen molar-refractivity contribution in [1.29, 1.82) is 0 Å². The number of ketones is 2. The Morgan fingerprint density at radius 3 is 2.45 bits per heavy atom. The molecule has 1 aromatic carbocycles. The van der Waals surface area contributed by atoms with E-state index < -0.39 is 75.7 Å². The summed E-state index contributed by atoms with van der Waals surface area (Å²) in [7, 11) is 3.05. The number of nitrogens with one attached hydrogen (secondary N) is 1. The number of benzene rings is 1. The Hall–Kier alpha value is -3.62. The fourth-order valence-corrected chi connectivity index (χ4v) is 6.84. The fraction of sp³-hybridized carbons (Fsp3) is 0.393. The van der Waals surface area contributed by atoms with Gasteiger partial charge in [0.2, 0.25) is 11.7 Å². The van der Waals surface area contributed by atoms with Crippen molar-refractivity contribution in [2.75, 3.05) is 19.4 Å². The van der Waals surface area contributed by atoms with Gasteiger partial charge in [-0.2, -0.15) is 0 Å². The van der Waals surface area contributed by atoms with Crippen molar-refractivity contribution < 1.29 is 39.6 Å². The van der Waals surface area contributed by atoms with Crippen molar-refractivity contribution in [3.63, 3.8) is 0 Å². The van der Waals surface area contributed by atoms with Crippen LogP contribution in [0.1, 0.15) is 36.9 Å². The molecule has 3 aliphatic carbocycles. The number of amides is 2. The number of likely N-dealkylation sites (N-methyl/N-ethyl adjacent to an activating group) is 1. The van der Waals surface area contributed by atoms with Crippen LogP contribution < -0.4 is 11.1 Å². The number of hydrogen-bond acceptors (Lipinski definition) is 10. The van der Waals surface area contributed by atoms with E-state index in [1.807, 2.05) is 0 Å². The summed E-state index contributed by atoms with van der Waals surface area (Å²) >= 11 is 6.48. The minimum atomic E-state index is -2.75. The second-order valence-corrected chi connectivity index (χ2v) is 11.4. The number of rotatable bonds is 6. The number of primary amides is 1. The summed E-state index contributed by atoms with van der Waals surface area (Å²) in [4.78, 5) is 57.7. The second-order valence-electron chi connectivity index (χ2n) is 11.0. The van der Waals surface area contributed by atoms with E-state index in [4.69, 9.17) is 17.3 Å². The van der Waals surface area contributed by atoms with E-state index in [1.165, 1.54) is 37.6 Å². The summed E-state index contributed by atoms with van der Waals surface area (Å²) in [6.07, 6.45) is 5.00. The maximum atomic E-state index is 14.0. The molecule has 1 fully saturated rings. The van der Waals surface area contributed by atoms with Crippen LogP contribution in [-0.2, 0) is 25.6 Å². The quantitative estimate of drug-likeness (QED) is 0.195. The van der Waals surface area contributed by atoms with Gasteiger partial charge in [0.15, 0.2) is 17.1 Å². The van der Waals surface area contributed by atoms with E-state index in [0.29, 0.717) is 12.0 Å². The number of imidazole rings is 1. The Balaban J connectivity index is 0.00000264. The normalized spacial score (nSPS) is 24.9. The number of nitrogens with two attached hydrogens (primary N) is 1. The molecule has 3 aliphatic rings. The van der Waals surface area contributed by atoms with Crippen molar-refractivity contribution in [2.24, 2.45) is 17.6 Å². The zero-order valence-corrected chi connectivity index (χ0v) is 26.2. The highest BCUT2D eigenvalue weighted by Gasteiger charge is 2.64. The molecule has 5 atom stereocenters. The van der Waals surface area contributed by atoms with Crippen molar-refractivity contribution in [3.05, 3.63) is 57.8 Å². The Bertz CT molecular complexity index is 1610. The number of aliphatic hydroxyl groups is 3. The first kappa shape index (κ1) is 34.9. The number of anilines is 1. The number of phenolic OH excluding ortho intramolecular Hbond substituents is 1. The predicted octanol–water partition coefficient (Wildman–Crippen LogP) is 2.25. The smallest absolute Gasteiger partial charge is 0.255 e. The summed E-state index contributed by atoms with van der Waals surface area (Å²) in [5.74, 6) is -8.17. The third-order valence-electron chi connectivity index (χ3n) is 8.49. The van der Waals surface area contributed by atoms with Crippen LogP contribution in [0.25, 0.3) is 5.76 Å². The van der Waals surface area contributed by atoms with Gasteiger partial charge in [0.05, 0.1) is 23.0 Å². The molecule has 0 aliphatic heterocycles. The third-order valence-corrected chi connectivity index (χ3v) is 8.78. The Labute approximate surface area is 269 Å². The zero-order valence-electron chi connectivity index (χ0n) is 23.8. The van der Waals surface area contributed by atoms with E-state index in [9.17, 15) is 39.6 Å². The molecule has 7 N–H and O–H groups in total. The summed E-state index contributed by atoms with van der Waals surface area (Å²) in [5, 5.41) is 47.9. The first-order valence-corrected chi connectivity index (χ1v) is 13.6. The zero-order chi connectivity index (χ0) is 30.8. The second kappa shape index (κ2) is 12.4. The van der Waals surface area contributed by atoms with E-state index in [0.717, 1.165) is 0 Å². The molecule has 5 rings (SSSR count). The highest BCUT2D eigenvalue weighted by atomic mass is 35.5. The van der Waals surface area contributed by atoms with Crippen LogP contribution in [0.2, 0.25) is 5.02 Å². The molecule has 16 heteroatoms. The molecule has 3 unspecified atom stereocenters. The van der Waals surface area contributed by atoms with Crippen LogP contribution in [0.5, 0.6) is 5.75 Å². The van der Waals surface area contributed by atoms with Gasteiger partial charge in [-0.3, -0.25) is 24.1 Å². The largest absolute Gasteiger partial charge is 0.508 e. The molecular formula is C28H32Cl3N5O8. The molecule has 44 heavy (non-hydrogen) atoms. The molecule has 0 bridgehead atoms. The highest BCUT2D eigenvalue weighted by Crippen LogP contribution is 2.54. The summed E-state index contributed by atoms with van der Waals surface area (Å²) in [6.45, 7) is 1.79. The molecule has 1 heterocycles. The van der Waals surface area contributed by atoms with E-state index in [1.54, 1.807) is 17.7 Å². The number of hydrogen-bond donors (Lipinski definition) is 6. The van der Waals surface area contributed by atoms with Crippen LogP contribution in [-0.4, -0.2) is 84.0 Å². The van der Waals surface area contributed by atoms with Crippen LogP contribution in [0.4, 0.5) is 5.69 Å². The van der Waals surface area contributed by atoms with Crippen LogP contribution in [0.3, 0.4) is 0 Å². The number of Topliss-reactive ketones (excluding diaryl/α,β-unsaturated/α-hetero) is 2. The number of phenols is 1. The van der Waals surface area contributed by atoms with Crippen molar-refractivity contribution >= 4 is 71.2 Å². The van der Waals surface area contributed by atoms with E-state index >= 15 is 0 Å². The molecule has 238 valence electrons. The standard InChI is InChI=1S/C28H30ClN5O8.2ClH/c1-4-15(34-6-5-31-10-34)27(41)32-19-14(29)9-12-7-11-8-13-20(33(2)3)23(37)18(26(30)40)25(39)28(13,42)24(38)17(11)21(35)16(12)22(19)36;;/h5-6,9-11,13,15,20,35-36,39,42H,4,7-8H2,1-3H3,(H2,30,40)(H,32,41);2*1H/t11?,13?,15?,20-,28-;;/m0../s1. The fourth-order valence-electron chi connectivity index (χ4n) is 6.57. The minimum absolute atomic E-state index is 0. The lowest BCUT2D eigenvalue weighted by atomic mass is 9.57. The first-order chi connectivity index (χ1) is 19.7. The van der Waals surface area contributed by atoms with E-state index in [-0.39, 0.29) is 59.5 Å². The van der Waals surface area contributed by atoms with Crippen molar-refractivity contribution in [1.82, 2.24) is 14.5 Å². The summed E-state index contributed by atoms with van der Waals surface area (Å²) in [6, 6.07) is -0.408. The maximum Gasteiger partial charge on any atom is 0.255 e. The number of nitrogens with zero attached hydrogens (tertiary/aromatic N) is 3. The molecule has 0 spiro atoms. The molecule has 1 saturated carbocycles. The third kappa shape index (κ3) is 5.02. The lowest BCUT2D eigenvalue weighted by Crippen LogP contribution is -2.65. The topological polar surface area (TPSA) is 208 Å². The van der Waals surface area contributed by atoms with Crippen LogP contribution in [0.15, 0.2) is 41.7 Å². The average molecular weight is 673 g/mol. The molecule has 2 amide bonds. The number of carbonyl (C=O) groups is 4. The van der Waals surface area contributed by atoms with Gasteiger partial charge >= 0.3 is 0 Å². The Morgan fingerprint density at radius 2 is 1.91 bits per heavy atom. The number of aliphatic hydroxyl groups excluding tert-OH is 2. The monoisotopic (exact) mass is 671 g/mol. The van der Waals surface area contributed by atoms with Gasteiger partial charge in [-0.15, -0.1) is 24.8 Å². The van der Waals surface area contributed by atoms with Gasteiger partial charge in [0.25, 0.3) is 5.91 Å². The molecule has 0 radical (unpaired) electrons. The lowest BCUT2D eigenvalue weighted by Gasteiger charge is -2.50. The predicted molar refractivity (Wildman–Crippen MR) is 164 cm³/mol. The van der Waals surface area contributed by atoms with Gasteiger partial charge < -0.3 is 36.0 Å². The van der Waals surface area contributed by atoms with Crippen LogP contribution >= 0.6 is 36.4 Å². The van der Waals surface area contributed by atoms with Crippen molar-refractivity contribution in [2.45, 2.75) is 43.9 Å². The number of aromatic hydroxyl groups is 1. The summed E-state index contributed by atoms with van der Waals surface area (Å²) in [5.41, 5.74) is 1.40. The Kier molecular flexibility index (Phi) is 9.83. The molecular weight excluding hydrogens is 641 g/mol. The average Bonchev–Trinajstić information content (AvgIpc) is 3.43. The Morgan fingerprint density at radius 1 is 1.25 bits per heavy atom. The highest BCUT2D eigenvalue weighted by molar-refractivity contribution is 6.34. The SMILES string of the molecule is CCC(C(=O)Nc1c(Cl)cc2c(c1O)C(O)=C1C(=O)[C@]3(O)C(O)=C(C(N)=O)C(=O)[C@@H](N(C)C)C3CC1C2)n1ccnc1.Cl.Cl. The van der Waals surface area contributed by atoms with Gasteiger partial charge in [0, 0.05) is 23.9 Å². The molecule has 2 aromatic rings. The lowest BCUT2D eigenvalue weighted by molar-refractivity contribution is -0.153. The number of aromatic nitrogens is 2. The minimum Gasteiger partial charge on any atom is -0.508 e. The maximum absolute atomic E-state index is 14.0. The number of fused-ring (bicyclic) bond motifs is 3. The van der Waals surface area contributed by atoms with Crippen molar-refractivity contribution in [3.8, 4) is 5.75 Å². The van der Waals surface area contributed by atoms with Crippen LogP contribution in [0, 0.1) is 11.8 Å². The molecule has 13 nitrogen and oxygen atoms in total. The van der Waals surface area contributed by atoms with E-state index in [2.05, 4.69) is 10.3 Å². The number of halogens is 3. The van der Waals surface area contributed by atoms with Gasteiger partial charge in [-0.05, 0) is 50.9 Å². The molecule has 0 saturated heterocycles. The van der Waals surface area contributed by atoms with Gasteiger partial charge in [-0.1, -0.05) is 18.5 Å². The molecule has 1 aromatic heterocycles. The first-order valence-electron chi connectivity index (χ1n) is 13.2. The number of carbonyl (C=O) groups excluding carboxylic acids is 4. The van der Waals surface area contributed by atoms with Gasteiger partial charge in [0.1, 0.15) is 28.8 Å².